The highest BCUT2D eigenvalue weighted by atomic mass is 35.5. The van der Waals surface area contributed by atoms with Gasteiger partial charge in [0, 0.05) is 23.1 Å². The molecule has 0 fully saturated rings. The summed E-state index contributed by atoms with van der Waals surface area (Å²) >= 11 is 5.97. The van der Waals surface area contributed by atoms with Crippen molar-refractivity contribution in [3.63, 3.8) is 0 Å². The molecular weight excluding hydrogens is 298 g/mol. The average molecular weight is 314 g/mol. The number of halogens is 1. The van der Waals surface area contributed by atoms with E-state index in [4.69, 9.17) is 11.6 Å². The van der Waals surface area contributed by atoms with Gasteiger partial charge in [-0.2, -0.15) is 0 Å². The first kappa shape index (κ1) is 14.6. The van der Waals surface area contributed by atoms with Gasteiger partial charge in [-0.15, -0.1) is 0 Å². The number of imidazole rings is 1. The Labute approximate surface area is 133 Å². The Morgan fingerprint density at radius 3 is 2.91 bits per heavy atom. The molecule has 2 heterocycles. The first-order chi connectivity index (χ1) is 10.5. The summed E-state index contributed by atoms with van der Waals surface area (Å²) in [5.41, 5.74) is 4.54. The summed E-state index contributed by atoms with van der Waals surface area (Å²) in [6.07, 6.45) is 3.92. The number of rotatable bonds is 3. The van der Waals surface area contributed by atoms with Crippen molar-refractivity contribution in [2.45, 2.75) is 20.3 Å². The molecule has 0 aliphatic heterocycles. The number of carbonyl (C=O) groups excluding carboxylic acids is 1. The lowest BCUT2D eigenvalue weighted by Crippen LogP contribution is -2.16. The van der Waals surface area contributed by atoms with Crippen molar-refractivity contribution in [2.75, 3.05) is 5.32 Å². The van der Waals surface area contributed by atoms with Crippen molar-refractivity contribution in [1.29, 1.82) is 0 Å². The minimum absolute atomic E-state index is 0.0892. The molecule has 4 nitrogen and oxygen atoms in total. The smallest absolute Gasteiger partial charge is 0.230 e. The number of hydrogen-bond acceptors (Lipinski definition) is 2. The van der Waals surface area contributed by atoms with Crippen LogP contribution in [0.3, 0.4) is 0 Å². The molecule has 5 heteroatoms. The third kappa shape index (κ3) is 2.83. The van der Waals surface area contributed by atoms with Crippen LogP contribution in [0.25, 0.3) is 5.65 Å². The van der Waals surface area contributed by atoms with Gasteiger partial charge >= 0.3 is 0 Å². The summed E-state index contributed by atoms with van der Waals surface area (Å²) in [5.74, 6) is -0.0892. The molecule has 0 aliphatic rings. The van der Waals surface area contributed by atoms with Crippen molar-refractivity contribution in [1.82, 2.24) is 9.38 Å². The normalized spacial score (nSPS) is 10.9. The topological polar surface area (TPSA) is 46.4 Å². The third-order valence-electron chi connectivity index (χ3n) is 3.62. The molecular formula is C17H16ClN3O. The summed E-state index contributed by atoms with van der Waals surface area (Å²) in [6, 6.07) is 9.40. The molecule has 0 spiro atoms. The van der Waals surface area contributed by atoms with Crippen LogP contribution in [0.2, 0.25) is 5.02 Å². The van der Waals surface area contributed by atoms with Crippen molar-refractivity contribution in [2.24, 2.45) is 0 Å². The van der Waals surface area contributed by atoms with Crippen LogP contribution in [0.15, 0.2) is 42.7 Å². The number of aryl methyl sites for hydroxylation is 2. The van der Waals surface area contributed by atoms with Crippen LogP contribution in [0, 0.1) is 13.8 Å². The van der Waals surface area contributed by atoms with E-state index in [0.717, 1.165) is 28.2 Å². The molecule has 0 saturated carbocycles. The van der Waals surface area contributed by atoms with Crippen molar-refractivity contribution in [3.05, 3.63) is 64.6 Å². The zero-order valence-electron chi connectivity index (χ0n) is 12.4. The number of fused-ring (bicyclic) bond motifs is 1. The van der Waals surface area contributed by atoms with Crippen molar-refractivity contribution in [3.8, 4) is 0 Å². The lowest BCUT2D eigenvalue weighted by atomic mass is 10.2. The van der Waals surface area contributed by atoms with Gasteiger partial charge in [-0.05, 0) is 43.2 Å². The third-order valence-corrected chi connectivity index (χ3v) is 3.86. The second-order valence-corrected chi connectivity index (χ2v) is 5.75. The van der Waals surface area contributed by atoms with Gasteiger partial charge in [0.1, 0.15) is 5.65 Å². The van der Waals surface area contributed by atoms with Gasteiger partial charge in [0.15, 0.2) is 0 Å². The maximum absolute atomic E-state index is 12.3. The number of pyridine rings is 1. The molecule has 1 N–H and O–H groups in total. The Balaban J connectivity index is 1.81. The molecule has 2 aromatic heterocycles. The summed E-state index contributed by atoms with van der Waals surface area (Å²) in [6.45, 7) is 3.94. The zero-order valence-corrected chi connectivity index (χ0v) is 13.2. The molecule has 22 heavy (non-hydrogen) atoms. The van der Waals surface area contributed by atoms with Gasteiger partial charge in [0.05, 0.1) is 12.1 Å². The van der Waals surface area contributed by atoms with E-state index >= 15 is 0 Å². The number of amides is 1. The van der Waals surface area contributed by atoms with Gasteiger partial charge in [0.25, 0.3) is 0 Å². The van der Waals surface area contributed by atoms with Crippen molar-refractivity contribution >= 4 is 28.8 Å². The van der Waals surface area contributed by atoms with E-state index < -0.39 is 0 Å². The first-order valence-electron chi connectivity index (χ1n) is 7.02. The van der Waals surface area contributed by atoms with Crippen LogP contribution >= 0.6 is 11.6 Å². The highest BCUT2D eigenvalue weighted by Crippen LogP contribution is 2.20. The molecule has 112 valence electrons. The number of benzene rings is 1. The molecule has 3 aromatic rings. The minimum Gasteiger partial charge on any atom is -0.325 e. The lowest BCUT2D eigenvalue weighted by Gasteiger charge is -2.09. The fourth-order valence-corrected chi connectivity index (χ4v) is 2.59. The molecule has 0 bridgehead atoms. The van der Waals surface area contributed by atoms with Crippen LogP contribution in [0.1, 0.15) is 16.8 Å². The Kier molecular flexibility index (Phi) is 3.86. The first-order valence-corrected chi connectivity index (χ1v) is 7.40. The fourth-order valence-electron chi connectivity index (χ4n) is 2.42. The number of aromatic nitrogens is 2. The fraction of sp³-hybridized carbons (Fsp3) is 0.176. The average Bonchev–Trinajstić information content (AvgIpc) is 2.87. The molecule has 0 atom stereocenters. The lowest BCUT2D eigenvalue weighted by molar-refractivity contribution is -0.115. The van der Waals surface area contributed by atoms with Crippen LogP contribution < -0.4 is 5.32 Å². The Morgan fingerprint density at radius 1 is 1.27 bits per heavy atom. The van der Waals surface area contributed by atoms with E-state index in [1.165, 1.54) is 0 Å². The molecule has 0 unspecified atom stereocenters. The van der Waals surface area contributed by atoms with Crippen LogP contribution in [-0.4, -0.2) is 15.3 Å². The SMILES string of the molecule is Cc1ccc(Cl)cc1NC(=O)Cc1cnc2c(C)cccn12. The summed E-state index contributed by atoms with van der Waals surface area (Å²) in [4.78, 5) is 16.6. The van der Waals surface area contributed by atoms with Crippen LogP contribution in [0.5, 0.6) is 0 Å². The van der Waals surface area contributed by atoms with E-state index in [1.54, 1.807) is 18.3 Å². The number of nitrogens with zero attached hydrogens (tertiary/aromatic N) is 2. The molecule has 1 aromatic carbocycles. The molecule has 0 radical (unpaired) electrons. The maximum atomic E-state index is 12.3. The quantitative estimate of drug-likeness (QED) is 0.799. The van der Waals surface area contributed by atoms with Crippen molar-refractivity contribution < 1.29 is 4.79 Å². The van der Waals surface area contributed by atoms with Gasteiger partial charge in [-0.25, -0.2) is 4.98 Å². The minimum atomic E-state index is -0.0892. The van der Waals surface area contributed by atoms with E-state index in [2.05, 4.69) is 10.3 Å². The van der Waals surface area contributed by atoms with E-state index in [1.807, 2.05) is 42.6 Å². The second-order valence-electron chi connectivity index (χ2n) is 5.32. The zero-order chi connectivity index (χ0) is 15.7. The van der Waals surface area contributed by atoms with E-state index in [-0.39, 0.29) is 12.3 Å². The maximum Gasteiger partial charge on any atom is 0.230 e. The number of hydrogen-bond donors (Lipinski definition) is 1. The summed E-state index contributed by atoms with van der Waals surface area (Å²) in [7, 11) is 0. The standard InChI is InChI=1S/C17H16ClN3O/c1-11-5-6-13(18)8-15(11)20-16(22)9-14-10-19-17-12(2)4-3-7-21(14)17/h3-8,10H,9H2,1-2H3,(H,20,22). The van der Waals surface area contributed by atoms with Gasteiger partial charge in [-0.1, -0.05) is 23.7 Å². The number of carbonyl (C=O) groups is 1. The monoisotopic (exact) mass is 313 g/mol. The van der Waals surface area contributed by atoms with Gasteiger partial charge in [-0.3, -0.25) is 4.79 Å². The molecule has 1 amide bonds. The van der Waals surface area contributed by atoms with Gasteiger partial charge in [0.2, 0.25) is 5.91 Å². The summed E-state index contributed by atoms with van der Waals surface area (Å²) in [5, 5.41) is 3.51. The second kappa shape index (κ2) is 5.81. The Morgan fingerprint density at radius 2 is 2.09 bits per heavy atom. The van der Waals surface area contributed by atoms with Crippen LogP contribution in [-0.2, 0) is 11.2 Å². The predicted molar refractivity (Wildman–Crippen MR) is 88.5 cm³/mol. The largest absolute Gasteiger partial charge is 0.325 e. The number of nitrogens with one attached hydrogen (secondary N) is 1. The number of anilines is 1. The summed E-state index contributed by atoms with van der Waals surface area (Å²) < 4.78 is 1.94. The van der Waals surface area contributed by atoms with Gasteiger partial charge < -0.3 is 9.72 Å². The molecule has 3 rings (SSSR count). The Bertz CT molecular complexity index is 854. The van der Waals surface area contributed by atoms with Crippen LogP contribution in [0.4, 0.5) is 5.69 Å². The van der Waals surface area contributed by atoms with E-state index in [0.29, 0.717) is 5.02 Å². The Hall–Kier alpha value is -2.33. The molecule has 0 aliphatic carbocycles. The highest BCUT2D eigenvalue weighted by molar-refractivity contribution is 6.31. The molecule has 0 saturated heterocycles. The van der Waals surface area contributed by atoms with E-state index in [9.17, 15) is 4.79 Å². The predicted octanol–water partition coefficient (Wildman–Crippen LogP) is 3.79. The highest BCUT2D eigenvalue weighted by Gasteiger charge is 2.11.